The third-order valence-electron chi connectivity index (χ3n) is 5.29. The Kier molecular flexibility index (Phi) is 4.75. The Labute approximate surface area is 168 Å². The fourth-order valence-corrected chi connectivity index (χ4v) is 4.90. The third kappa shape index (κ3) is 3.33. The van der Waals surface area contributed by atoms with Crippen molar-refractivity contribution >= 4 is 34.3 Å². The van der Waals surface area contributed by atoms with Gasteiger partial charge in [0.05, 0.1) is 16.7 Å². The fraction of sp³-hybridized carbons (Fsp3) is 0.318. The van der Waals surface area contributed by atoms with Gasteiger partial charge in [0.15, 0.2) is 5.16 Å². The summed E-state index contributed by atoms with van der Waals surface area (Å²) in [6.07, 6.45) is 0.908. The van der Waals surface area contributed by atoms with Gasteiger partial charge in [-0.2, -0.15) is 0 Å². The molecule has 6 heteroatoms. The smallest absolute Gasteiger partial charge is 0.259 e. The van der Waals surface area contributed by atoms with Crippen molar-refractivity contribution in [3.05, 3.63) is 64.4 Å². The van der Waals surface area contributed by atoms with E-state index >= 15 is 0 Å². The molecule has 0 spiro atoms. The first kappa shape index (κ1) is 18.7. The predicted octanol–water partition coefficient (Wildman–Crippen LogP) is 4.33. The van der Waals surface area contributed by atoms with Crippen molar-refractivity contribution in [3.63, 3.8) is 0 Å². The van der Waals surface area contributed by atoms with E-state index in [-0.39, 0.29) is 22.8 Å². The van der Waals surface area contributed by atoms with E-state index in [1.807, 2.05) is 41.3 Å². The molecule has 2 heterocycles. The van der Waals surface area contributed by atoms with E-state index in [1.165, 1.54) is 17.3 Å². The van der Waals surface area contributed by atoms with Gasteiger partial charge < -0.3 is 9.88 Å². The minimum atomic E-state index is -0.268. The molecular formula is C22H23N3O2S. The molecule has 0 radical (unpaired) electrons. The number of benzene rings is 2. The first-order chi connectivity index (χ1) is 13.4. The number of aromatic amines is 1. The van der Waals surface area contributed by atoms with Gasteiger partial charge in [-0.05, 0) is 49.9 Å². The van der Waals surface area contributed by atoms with Crippen LogP contribution >= 0.6 is 11.8 Å². The van der Waals surface area contributed by atoms with Gasteiger partial charge in [0.1, 0.15) is 0 Å². The quantitative estimate of drug-likeness (QED) is 0.531. The number of H-pyrrole nitrogens is 1. The highest BCUT2D eigenvalue weighted by atomic mass is 32.2. The molecule has 1 unspecified atom stereocenters. The molecule has 0 saturated heterocycles. The fourth-order valence-electron chi connectivity index (χ4n) is 4.18. The van der Waals surface area contributed by atoms with E-state index in [4.69, 9.17) is 0 Å². The lowest BCUT2D eigenvalue weighted by molar-refractivity contribution is -0.117. The van der Waals surface area contributed by atoms with Crippen molar-refractivity contribution in [2.75, 3.05) is 10.7 Å². The normalized spacial score (nSPS) is 18.1. The van der Waals surface area contributed by atoms with Crippen LogP contribution in [-0.4, -0.2) is 27.2 Å². The van der Waals surface area contributed by atoms with Crippen LogP contribution in [0.4, 0.5) is 5.69 Å². The summed E-state index contributed by atoms with van der Waals surface area (Å²) in [6, 6.07) is 15.3. The molecular weight excluding hydrogens is 370 g/mol. The van der Waals surface area contributed by atoms with Crippen LogP contribution in [0.1, 0.15) is 38.7 Å². The van der Waals surface area contributed by atoms with E-state index in [2.05, 4.69) is 36.8 Å². The standard InChI is InChI=1S/C22H23N3O2S/c1-14-12-22(2,3)25(18-11-7-5-8-15(14)18)19(26)13-28-21-23-17-10-6-4-9-16(17)20(27)24-21/h4-11,14H,12-13H2,1-3H3,(H,23,24,27). The second-order valence-corrected chi connectivity index (χ2v) is 8.85. The molecule has 1 aromatic heterocycles. The zero-order valence-corrected chi connectivity index (χ0v) is 17.0. The summed E-state index contributed by atoms with van der Waals surface area (Å²) >= 11 is 1.27. The molecule has 1 N–H and O–H groups in total. The largest absolute Gasteiger partial charge is 0.306 e. The van der Waals surface area contributed by atoms with Gasteiger partial charge in [-0.15, -0.1) is 0 Å². The lowest BCUT2D eigenvalue weighted by Gasteiger charge is -2.46. The van der Waals surface area contributed by atoms with Crippen LogP contribution in [0.15, 0.2) is 58.5 Å². The zero-order chi connectivity index (χ0) is 19.9. The number of fused-ring (bicyclic) bond motifs is 2. The summed E-state index contributed by atoms with van der Waals surface area (Å²) < 4.78 is 0. The van der Waals surface area contributed by atoms with Crippen LogP contribution in [0.25, 0.3) is 10.9 Å². The highest BCUT2D eigenvalue weighted by molar-refractivity contribution is 7.99. The first-order valence-corrected chi connectivity index (χ1v) is 10.4. The second kappa shape index (κ2) is 7.09. The first-order valence-electron chi connectivity index (χ1n) is 9.41. The maximum Gasteiger partial charge on any atom is 0.259 e. The van der Waals surface area contributed by atoms with Gasteiger partial charge in [-0.3, -0.25) is 9.59 Å². The number of para-hydroxylation sites is 2. The molecule has 0 fully saturated rings. The molecule has 28 heavy (non-hydrogen) atoms. The van der Waals surface area contributed by atoms with Crippen LogP contribution < -0.4 is 10.5 Å². The summed E-state index contributed by atoms with van der Waals surface area (Å²) in [5, 5.41) is 1.02. The van der Waals surface area contributed by atoms with E-state index in [0.717, 1.165) is 12.1 Å². The number of carbonyl (C=O) groups is 1. The zero-order valence-electron chi connectivity index (χ0n) is 16.2. The maximum absolute atomic E-state index is 13.2. The van der Waals surface area contributed by atoms with Crippen LogP contribution in [-0.2, 0) is 4.79 Å². The minimum absolute atomic E-state index is 0.0187. The number of nitrogens with zero attached hydrogens (tertiary/aromatic N) is 2. The van der Waals surface area contributed by atoms with E-state index < -0.39 is 0 Å². The Morgan fingerprint density at radius 1 is 1.21 bits per heavy atom. The summed E-state index contributed by atoms with van der Waals surface area (Å²) in [6.45, 7) is 6.43. The molecule has 0 aliphatic carbocycles. The van der Waals surface area contributed by atoms with Gasteiger partial charge in [-0.25, -0.2) is 4.98 Å². The second-order valence-electron chi connectivity index (χ2n) is 7.88. The Morgan fingerprint density at radius 3 is 2.75 bits per heavy atom. The Morgan fingerprint density at radius 2 is 1.93 bits per heavy atom. The third-order valence-corrected chi connectivity index (χ3v) is 6.15. The van der Waals surface area contributed by atoms with Crippen molar-refractivity contribution in [3.8, 4) is 0 Å². The number of anilines is 1. The molecule has 3 aromatic rings. The molecule has 2 aromatic carbocycles. The lowest BCUT2D eigenvalue weighted by Crippen LogP contribution is -2.52. The van der Waals surface area contributed by atoms with Crippen molar-refractivity contribution in [1.29, 1.82) is 0 Å². The van der Waals surface area contributed by atoms with Gasteiger partial charge in [0.2, 0.25) is 5.91 Å². The number of aromatic nitrogens is 2. The number of hydrogen-bond acceptors (Lipinski definition) is 4. The van der Waals surface area contributed by atoms with Crippen molar-refractivity contribution in [1.82, 2.24) is 9.97 Å². The van der Waals surface area contributed by atoms with Crippen LogP contribution in [0, 0.1) is 0 Å². The molecule has 4 rings (SSSR count). The Balaban J connectivity index is 1.60. The van der Waals surface area contributed by atoms with Gasteiger partial charge in [0.25, 0.3) is 5.56 Å². The maximum atomic E-state index is 13.2. The summed E-state index contributed by atoms with van der Waals surface area (Å²) in [4.78, 5) is 34.6. The number of nitrogens with one attached hydrogen (secondary N) is 1. The van der Waals surface area contributed by atoms with E-state index in [0.29, 0.717) is 22.0 Å². The van der Waals surface area contributed by atoms with Gasteiger partial charge >= 0.3 is 0 Å². The van der Waals surface area contributed by atoms with Crippen LogP contribution in [0.2, 0.25) is 0 Å². The number of carbonyl (C=O) groups excluding carboxylic acids is 1. The van der Waals surface area contributed by atoms with Crippen molar-refractivity contribution in [2.45, 2.75) is 43.8 Å². The number of rotatable bonds is 3. The molecule has 144 valence electrons. The monoisotopic (exact) mass is 393 g/mol. The van der Waals surface area contributed by atoms with E-state index in [1.54, 1.807) is 6.07 Å². The molecule has 1 aliphatic heterocycles. The average Bonchev–Trinajstić information content (AvgIpc) is 2.66. The van der Waals surface area contributed by atoms with Crippen molar-refractivity contribution < 1.29 is 4.79 Å². The summed E-state index contributed by atoms with van der Waals surface area (Å²) in [5.41, 5.74) is 2.38. The lowest BCUT2D eigenvalue weighted by atomic mass is 9.80. The highest BCUT2D eigenvalue weighted by Gasteiger charge is 2.39. The van der Waals surface area contributed by atoms with Crippen molar-refractivity contribution in [2.24, 2.45) is 0 Å². The van der Waals surface area contributed by atoms with E-state index in [9.17, 15) is 9.59 Å². The SMILES string of the molecule is CC1CC(C)(C)N(C(=O)CSc2nc3ccccc3c(=O)[nH]2)c2ccccc21. The molecule has 1 amide bonds. The molecule has 0 bridgehead atoms. The minimum Gasteiger partial charge on any atom is -0.306 e. The number of thioether (sulfide) groups is 1. The Bertz CT molecular complexity index is 1110. The van der Waals surface area contributed by atoms with Gasteiger partial charge in [0, 0.05) is 11.2 Å². The number of hydrogen-bond donors (Lipinski definition) is 1. The van der Waals surface area contributed by atoms with Crippen LogP contribution in [0.5, 0.6) is 0 Å². The molecule has 1 aliphatic rings. The molecule has 5 nitrogen and oxygen atoms in total. The Hall–Kier alpha value is -2.60. The van der Waals surface area contributed by atoms with Gasteiger partial charge in [-0.1, -0.05) is 49.0 Å². The van der Waals surface area contributed by atoms with Crippen LogP contribution in [0.3, 0.4) is 0 Å². The highest BCUT2D eigenvalue weighted by Crippen LogP contribution is 2.43. The summed E-state index contributed by atoms with van der Waals surface area (Å²) in [5.74, 6) is 0.638. The topological polar surface area (TPSA) is 66.1 Å². The summed E-state index contributed by atoms with van der Waals surface area (Å²) in [7, 11) is 0. The number of amides is 1. The molecule has 0 saturated carbocycles. The molecule has 1 atom stereocenters. The average molecular weight is 394 g/mol. The predicted molar refractivity (Wildman–Crippen MR) is 114 cm³/mol.